The van der Waals surface area contributed by atoms with Gasteiger partial charge in [-0.1, -0.05) is 24.3 Å². The lowest BCUT2D eigenvalue weighted by Gasteiger charge is -2.38. The summed E-state index contributed by atoms with van der Waals surface area (Å²) in [5, 5.41) is 35.3. The number of nitro groups is 2. The Morgan fingerprint density at radius 2 is 1.81 bits per heavy atom. The monoisotopic (exact) mass is 525 g/mol. The second-order valence-corrected chi connectivity index (χ2v) is 10.6. The first-order chi connectivity index (χ1) is 17.2. The lowest BCUT2D eigenvalue weighted by atomic mass is 9.76. The maximum Gasteiger partial charge on any atom is 0.335 e. The molecule has 36 heavy (non-hydrogen) atoms. The van der Waals surface area contributed by atoms with Crippen molar-refractivity contribution in [1.29, 1.82) is 0 Å². The van der Waals surface area contributed by atoms with Crippen LogP contribution in [0.15, 0.2) is 71.6 Å². The predicted molar refractivity (Wildman–Crippen MR) is 136 cm³/mol. The van der Waals surface area contributed by atoms with E-state index in [0.29, 0.717) is 11.3 Å². The molecule has 2 aliphatic rings. The molecule has 0 aromatic heterocycles. The summed E-state index contributed by atoms with van der Waals surface area (Å²) in [4.78, 5) is 34.3. The highest BCUT2D eigenvalue weighted by Crippen LogP contribution is 2.58. The van der Waals surface area contributed by atoms with Crippen molar-refractivity contribution >= 4 is 46.4 Å². The quantitative estimate of drug-likeness (QED) is 0.219. The van der Waals surface area contributed by atoms with E-state index in [0.717, 1.165) is 16.8 Å². The number of carboxylic acid groups (broad SMARTS) is 1. The van der Waals surface area contributed by atoms with Gasteiger partial charge in [-0.05, 0) is 47.7 Å². The number of carboxylic acids is 1. The van der Waals surface area contributed by atoms with E-state index in [9.17, 15) is 30.1 Å². The van der Waals surface area contributed by atoms with Crippen molar-refractivity contribution in [3.63, 3.8) is 0 Å². The van der Waals surface area contributed by atoms with Gasteiger partial charge in [-0.25, -0.2) is 4.79 Å². The Bertz CT molecular complexity index is 1390. The van der Waals surface area contributed by atoms with E-state index in [1.165, 1.54) is 36.0 Å². The third-order valence-corrected chi connectivity index (χ3v) is 8.95. The zero-order valence-corrected chi connectivity index (χ0v) is 20.2. The summed E-state index contributed by atoms with van der Waals surface area (Å²) in [6, 6.07) is 17.5. The molecule has 0 amide bonds. The lowest BCUT2D eigenvalue weighted by Crippen LogP contribution is -2.31. The van der Waals surface area contributed by atoms with Gasteiger partial charge in [0, 0.05) is 35.1 Å². The van der Waals surface area contributed by atoms with Crippen LogP contribution in [0.2, 0.25) is 0 Å². The van der Waals surface area contributed by atoms with E-state index < -0.39 is 21.2 Å². The number of alkyl halides is 1. The van der Waals surface area contributed by atoms with Gasteiger partial charge in [-0.3, -0.25) is 20.2 Å². The topological polar surface area (TPSA) is 136 Å². The Morgan fingerprint density at radius 1 is 1.03 bits per heavy atom. The van der Waals surface area contributed by atoms with Crippen LogP contribution in [0.25, 0.3) is 0 Å². The molecule has 0 spiro atoms. The molecule has 3 aromatic carbocycles. The van der Waals surface area contributed by atoms with Crippen LogP contribution in [0, 0.1) is 26.1 Å². The van der Waals surface area contributed by atoms with Gasteiger partial charge >= 0.3 is 5.97 Å². The van der Waals surface area contributed by atoms with Crippen LogP contribution in [-0.2, 0) is 0 Å². The number of rotatable bonds is 6. The second kappa shape index (κ2) is 9.44. The molecule has 11 heteroatoms. The Labute approximate surface area is 214 Å². The van der Waals surface area contributed by atoms with E-state index in [2.05, 4.69) is 5.32 Å². The standard InChI is InChI=1S/C25H20ClN3O6S/c26-23-21(36-20-7-2-1-6-19(20)29(34)35)12-17-22(23)16-11-14(25(30)31)8-9-18(16)27-24(17)13-4-3-5-15(10-13)28(32)33/h1-11,17,21-24,27H,12H2,(H,30,31)/t17-,21-,22-,23+,24-/m0/s1. The van der Waals surface area contributed by atoms with E-state index >= 15 is 0 Å². The van der Waals surface area contributed by atoms with Crippen LogP contribution < -0.4 is 5.32 Å². The molecule has 1 fully saturated rings. The Morgan fingerprint density at radius 3 is 2.53 bits per heavy atom. The molecular formula is C25H20ClN3O6S. The summed E-state index contributed by atoms with van der Waals surface area (Å²) < 4.78 is 0. The van der Waals surface area contributed by atoms with Crippen LogP contribution in [0.3, 0.4) is 0 Å². The molecule has 5 atom stereocenters. The molecule has 0 bridgehead atoms. The number of hydrogen-bond acceptors (Lipinski definition) is 7. The fourth-order valence-electron chi connectivity index (χ4n) is 5.28. The minimum absolute atomic E-state index is 0.00293. The molecule has 1 saturated carbocycles. The molecule has 0 unspecified atom stereocenters. The highest BCUT2D eigenvalue weighted by molar-refractivity contribution is 8.00. The van der Waals surface area contributed by atoms with Gasteiger partial charge in [-0.15, -0.1) is 23.4 Å². The third-order valence-electron chi connectivity index (χ3n) is 6.84. The normalized spacial score (nSPS) is 24.3. The number of halogens is 1. The zero-order valence-electron chi connectivity index (χ0n) is 18.6. The van der Waals surface area contributed by atoms with E-state index in [-0.39, 0.29) is 40.1 Å². The zero-order chi connectivity index (χ0) is 25.6. The maximum absolute atomic E-state index is 11.7. The Kier molecular flexibility index (Phi) is 6.31. The van der Waals surface area contributed by atoms with Crippen LogP contribution in [0.5, 0.6) is 0 Å². The van der Waals surface area contributed by atoms with Crippen molar-refractivity contribution in [3.8, 4) is 0 Å². The van der Waals surface area contributed by atoms with Crippen LogP contribution >= 0.6 is 23.4 Å². The molecule has 0 saturated heterocycles. The number of fused-ring (bicyclic) bond motifs is 3. The smallest absolute Gasteiger partial charge is 0.335 e. The summed E-state index contributed by atoms with van der Waals surface area (Å²) in [7, 11) is 0. The Hall–Kier alpha value is -3.63. The predicted octanol–water partition coefficient (Wildman–Crippen LogP) is 6.24. The number of thioether (sulfide) groups is 1. The summed E-state index contributed by atoms with van der Waals surface area (Å²) in [5.41, 5.74) is 2.34. The van der Waals surface area contributed by atoms with Crippen LogP contribution in [0.1, 0.15) is 39.9 Å². The van der Waals surface area contributed by atoms with Crippen molar-refractivity contribution in [2.24, 2.45) is 5.92 Å². The number of nitro benzene ring substituents is 2. The number of nitrogens with zero attached hydrogens (tertiary/aromatic N) is 2. The molecule has 3 aromatic rings. The molecule has 2 N–H and O–H groups in total. The van der Waals surface area contributed by atoms with E-state index in [4.69, 9.17) is 11.6 Å². The number of nitrogens with one attached hydrogen (secondary N) is 1. The summed E-state index contributed by atoms with van der Waals surface area (Å²) in [6.45, 7) is 0. The number of hydrogen-bond donors (Lipinski definition) is 2. The average molecular weight is 526 g/mol. The maximum atomic E-state index is 11.7. The van der Waals surface area contributed by atoms with Gasteiger partial charge in [0.05, 0.1) is 31.7 Å². The van der Waals surface area contributed by atoms with Gasteiger partial charge in [-0.2, -0.15) is 0 Å². The van der Waals surface area contributed by atoms with Gasteiger partial charge in [0.1, 0.15) is 0 Å². The average Bonchev–Trinajstić information content (AvgIpc) is 3.19. The number of carbonyl (C=O) groups is 1. The minimum Gasteiger partial charge on any atom is -0.478 e. The van der Waals surface area contributed by atoms with E-state index in [1.54, 1.807) is 36.4 Å². The van der Waals surface area contributed by atoms with E-state index in [1.807, 2.05) is 6.07 Å². The molecule has 5 rings (SSSR count). The largest absolute Gasteiger partial charge is 0.478 e. The van der Waals surface area contributed by atoms with Gasteiger partial charge in [0.25, 0.3) is 11.4 Å². The SMILES string of the molecule is O=C(O)c1ccc2c(c1)[C@@H]1[C@H](Cl)[C@@H](Sc3ccccc3[N+](=O)[O-])C[C@@H]1[C@H](c1cccc([N+](=O)[O-])c1)N2. The first-order valence-electron chi connectivity index (χ1n) is 11.2. The fourth-order valence-corrected chi connectivity index (χ4v) is 7.23. The highest BCUT2D eigenvalue weighted by atomic mass is 35.5. The molecule has 1 aliphatic heterocycles. The molecule has 1 heterocycles. The first-order valence-corrected chi connectivity index (χ1v) is 12.5. The summed E-state index contributed by atoms with van der Waals surface area (Å²) in [6.07, 6.45) is 0.576. The summed E-state index contributed by atoms with van der Waals surface area (Å²) in [5.74, 6) is -1.43. The first kappa shape index (κ1) is 24.1. The highest BCUT2D eigenvalue weighted by Gasteiger charge is 2.50. The van der Waals surface area contributed by atoms with Crippen molar-refractivity contribution in [2.45, 2.75) is 33.9 Å². The van der Waals surface area contributed by atoms with Crippen molar-refractivity contribution in [3.05, 3.63) is 104 Å². The number of aromatic carboxylic acids is 1. The number of para-hydroxylation sites is 1. The second-order valence-electron chi connectivity index (χ2n) is 8.83. The minimum atomic E-state index is -1.05. The lowest BCUT2D eigenvalue weighted by molar-refractivity contribution is -0.387. The van der Waals surface area contributed by atoms with Gasteiger partial charge in [0.2, 0.25) is 0 Å². The third kappa shape index (κ3) is 4.27. The molecular weight excluding hydrogens is 506 g/mol. The molecule has 1 aliphatic carbocycles. The van der Waals surface area contributed by atoms with Crippen molar-refractivity contribution < 1.29 is 19.7 Å². The van der Waals surface area contributed by atoms with Crippen LogP contribution in [0.4, 0.5) is 17.1 Å². The number of benzene rings is 3. The van der Waals surface area contributed by atoms with Gasteiger partial charge < -0.3 is 10.4 Å². The summed E-state index contributed by atoms with van der Waals surface area (Å²) >= 11 is 8.40. The van der Waals surface area contributed by atoms with Gasteiger partial charge in [0.15, 0.2) is 0 Å². The fraction of sp³-hybridized carbons (Fsp3) is 0.240. The van der Waals surface area contributed by atoms with Crippen LogP contribution in [-0.4, -0.2) is 31.5 Å². The molecule has 184 valence electrons. The van der Waals surface area contributed by atoms with Crippen molar-refractivity contribution in [1.82, 2.24) is 0 Å². The molecule has 9 nitrogen and oxygen atoms in total. The Balaban J connectivity index is 1.57. The number of non-ortho nitro benzene ring substituents is 1. The number of anilines is 1. The molecule has 0 radical (unpaired) electrons. The van der Waals surface area contributed by atoms with Crippen molar-refractivity contribution in [2.75, 3.05) is 5.32 Å².